The maximum absolute atomic E-state index is 9.26. The summed E-state index contributed by atoms with van der Waals surface area (Å²) < 4.78 is 0. The number of phenols is 1. The van der Waals surface area contributed by atoms with Crippen molar-refractivity contribution in [3.05, 3.63) is 29.8 Å². The van der Waals surface area contributed by atoms with Crippen LogP contribution < -0.4 is 5.32 Å². The molecule has 0 heterocycles. The van der Waals surface area contributed by atoms with E-state index in [4.69, 9.17) is 0 Å². The highest BCUT2D eigenvalue weighted by molar-refractivity contribution is 5.26. The van der Waals surface area contributed by atoms with Crippen molar-refractivity contribution in [1.82, 2.24) is 5.32 Å². The normalized spacial score (nSPS) is 19.9. The van der Waals surface area contributed by atoms with Crippen molar-refractivity contribution in [1.29, 1.82) is 0 Å². The second-order valence-corrected chi connectivity index (χ2v) is 6.17. The van der Waals surface area contributed by atoms with E-state index < -0.39 is 0 Å². The van der Waals surface area contributed by atoms with Gasteiger partial charge in [0.2, 0.25) is 0 Å². The Bertz CT molecular complexity index is 365. The topological polar surface area (TPSA) is 32.3 Å². The summed E-state index contributed by atoms with van der Waals surface area (Å²) in [6.45, 7) is 5.78. The molecule has 0 amide bonds. The van der Waals surface area contributed by atoms with Crippen LogP contribution in [0.2, 0.25) is 0 Å². The van der Waals surface area contributed by atoms with Gasteiger partial charge in [-0.2, -0.15) is 0 Å². The Hall–Kier alpha value is -1.02. The van der Waals surface area contributed by atoms with Crippen molar-refractivity contribution in [2.75, 3.05) is 6.54 Å². The Morgan fingerprint density at radius 3 is 2.44 bits per heavy atom. The second-order valence-electron chi connectivity index (χ2n) is 6.17. The van der Waals surface area contributed by atoms with Crippen LogP contribution in [0.1, 0.15) is 45.1 Å². The van der Waals surface area contributed by atoms with Crippen LogP contribution in [0.25, 0.3) is 0 Å². The number of benzene rings is 1. The van der Waals surface area contributed by atoms with Gasteiger partial charge < -0.3 is 10.4 Å². The van der Waals surface area contributed by atoms with Gasteiger partial charge in [0.05, 0.1) is 0 Å². The van der Waals surface area contributed by atoms with Crippen molar-refractivity contribution in [2.45, 2.75) is 52.0 Å². The summed E-state index contributed by atoms with van der Waals surface area (Å²) in [7, 11) is 0. The Kier molecular flexibility index (Phi) is 4.28. The van der Waals surface area contributed by atoms with Crippen LogP contribution >= 0.6 is 0 Å². The highest BCUT2D eigenvalue weighted by atomic mass is 16.3. The summed E-state index contributed by atoms with van der Waals surface area (Å²) in [4.78, 5) is 0. The lowest BCUT2D eigenvalue weighted by Crippen LogP contribution is -2.36. The van der Waals surface area contributed by atoms with Crippen molar-refractivity contribution >= 4 is 0 Å². The zero-order chi connectivity index (χ0) is 13.0. The first kappa shape index (κ1) is 13.4. The summed E-state index contributed by atoms with van der Waals surface area (Å²) in [5.74, 6) is 0.345. The monoisotopic (exact) mass is 247 g/mol. The molecule has 1 aromatic rings. The van der Waals surface area contributed by atoms with E-state index in [1.807, 2.05) is 12.1 Å². The maximum atomic E-state index is 9.26. The van der Waals surface area contributed by atoms with Crippen molar-refractivity contribution in [3.63, 3.8) is 0 Å². The first-order valence-electron chi connectivity index (χ1n) is 7.09. The molecule has 2 nitrogen and oxygen atoms in total. The predicted molar refractivity (Wildman–Crippen MR) is 75.9 cm³/mol. The minimum Gasteiger partial charge on any atom is -0.508 e. The van der Waals surface area contributed by atoms with Crippen LogP contribution in [0.3, 0.4) is 0 Å². The molecule has 0 aromatic heterocycles. The van der Waals surface area contributed by atoms with E-state index in [1.54, 1.807) is 12.1 Å². The van der Waals surface area contributed by atoms with Gasteiger partial charge in [-0.1, -0.05) is 31.9 Å². The fourth-order valence-electron chi connectivity index (χ4n) is 2.88. The standard InChI is InChI=1S/C16H25NO/c1-13(11-14-5-7-15(18)8-6-14)17-12-16(2)9-3-4-10-16/h5-8,13,17-18H,3-4,9-12H2,1-2H3. The summed E-state index contributed by atoms with van der Waals surface area (Å²) in [6.07, 6.45) is 6.54. The molecule has 0 saturated heterocycles. The number of hydrogen-bond donors (Lipinski definition) is 2. The van der Waals surface area contributed by atoms with Gasteiger partial charge in [0.1, 0.15) is 5.75 Å². The van der Waals surface area contributed by atoms with E-state index >= 15 is 0 Å². The molecule has 100 valence electrons. The molecule has 1 aromatic carbocycles. The quantitative estimate of drug-likeness (QED) is 0.834. The molecule has 1 fully saturated rings. The molecule has 0 bridgehead atoms. The Labute approximate surface area is 110 Å². The molecule has 1 atom stereocenters. The molecule has 18 heavy (non-hydrogen) atoms. The first-order valence-corrected chi connectivity index (χ1v) is 7.09. The number of phenolic OH excluding ortho intramolecular Hbond substituents is 1. The third-order valence-electron chi connectivity index (χ3n) is 4.17. The van der Waals surface area contributed by atoms with Crippen LogP contribution in [-0.4, -0.2) is 17.7 Å². The number of nitrogens with one attached hydrogen (secondary N) is 1. The third-order valence-corrected chi connectivity index (χ3v) is 4.17. The molecule has 2 N–H and O–H groups in total. The minimum absolute atomic E-state index is 0.345. The summed E-state index contributed by atoms with van der Waals surface area (Å²) in [5.41, 5.74) is 1.80. The van der Waals surface area contributed by atoms with E-state index in [-0.39, 0.29) is 0 Å². The van der Waals surface area contributed by atoms with Gasteiger partial charge in [0.15, 0.2) is 0 Å². The molecule has 0 aliphatic heterocycles. The van der Waals surface area contributed by atoms with E-state index in [9.17, 15) is 5.11 Å². The number of hydrogen-bond acceptors (Lipinski definition) is 2. The van der Waals surface area contributed by atoms with Crippen LogP contribution in [-0.2, 0) is 6.42 Å². The van der Waals surface area contributed by atoms with E-state index in [0.717, 1.165) is 13.0 Å². The van der Waals surface area contributed by atoms with Crippen molar-refractivity contribution < 1.29 is 5.11 Å². The molecule has 1 unspecified atom stereocenters. The van der Waals surface area contributed by atoms with Gasteiger partial charge >= 0.3 is 0 Å². The average Bonchev–Trinajstić information content (AvgIpc) is 2.78. The highest BCUT2D eigenvalue weighted by Gasteiger charge is 2.28. The van der Waals surface area contributed by atoms with E-state index in [2.05, 4.69) is 19.2 Å². The van der Waals surface area contributed by atoms with Crippen molar-refractivity contribution in [2.24, 2.45) is 5.41 Å². The van der Waals surface area contributed by atoms with Gasteiger partial charge in [0.25, 0.3) is 0 Å². The van der Waals surface area contributed by atoms with Gasteiger partial charge in [-0.15, -0.1) is 0 Å². The smallest absolute Gasteiger partial charge is 0.115 e. The average molecular weight is 247 g/mol. The lowest BCUT2D eigenvalue weighted by Gasteiger charge is -2.26. The molecular formula is C16H25NO. The largest absolute Gasteiger partial charge is 0.508 e. The molecule has 1 aliphatic rings. The Morgan fingerprint density at radius 2 is 1.83 bits per heavy atom. The molecule has 0 radical (unpaired) electrons. The Morgan fingerprint density at radius 1 is 1.22 bits per heavy atom. The van der Waals surface area contributed by atoms with Gasteiger partial charge in [-0.05, 0) is 49.3 Å². The highest BCUT2D eigenvalue weighted by Crippen LogP contribution is 2.36. The van der Waals surface area contributed by atoms with Gasteiger partial charge in [0, 0.05) is 12.6 Å². The third kappa shape index (κ3) is 3.74. The molecule has 0 spiro atoms. The van der Waals surface area contributed by atoms with Crippen molar-refractivity contribution in [3.8, 4) is 5.75 Å². The second kappa shape index (κ2) is 5.75. The Balaban J connectivity index is 1.78. The first-order chi connectivity index (χ1) is 8.57. The predicted octanol–water partition coefficient (Wildman–Crippen LogP) is 3.49. The fraction of sp³-hybridized carbons (Fsp3) is 0.625. The van der Waals surface area contributed by atoms with Gasteiger partial charge in [-0.3, -0.25) is 0 Å². The lowest BCUT2D eigenvalue weighted by molar-refractivity contribution is 0.300. The molecule has 2 heteroatoms. The number of aromatic hydroxyl groups is 1. The SMILES string of the molecule is CC(Cc1ccc(O)cc1)NCC1(C)CCCC1. The summed E-state index contributed by atoms with van der Waals surface area (Å²) in [6, 6.07) is 8.03. The number of rotatable bonds is 5. The molecular weight excluding hydrogens is 222 g/mol. The van der Waals surface area contributed by atoms with Gasteiger partial charge in [-0.25, -0.2) is 0 Å². The minimum atomic E-state index is 0.345. The van der Waals surface area contributed by atoms with Crippen LogP contribution in [0.5, 0.6) is 5.75 Å². The van der Waals surface area contributed by atoms with Crippen LogP contribution in [0.15, 0.2) is 24.3 Å². The maximum Gasteiger partial charge on any atom is 0.115 e. The van der Waals surface area contributed by atoms with Crippen LogP contribution in [0.4, 0.5) is 0 Å². The van der Waals surface area contributed by atoms with Crippen LogP contribution in [0, 0.1) is 5.41 Å². The molecule has 2 rings (SSSR count). The van der Waals surface area contributed by atoms with E-state index in [1.165, 1.54) is 31.2 Å². The molecule has 1 saturated carbocycles. The van der Waals surface area contributed by atoms with E-state index in [0.29, 0.717) is 17.2 Å². The summed E-state index contributed by atoms with van der Waals surface area (Å²) >= 11 is 0. The summed E-state index contributed by atoms with van der Waals surface area (Å²) in [5, 5.41) is 12.9. The zero-order valence-electron chi connectivity index (χ0n) is 11.6. The molecule has 1 aliphatic carbocycles. The zero-order valence-corrected chi connectivity index (χ0v) is 11.6. The lowest BCUT2D eigenvalue weighted by atomic mass is 9.88. The fourth-order valence-corrected chi connectivity index (χ4v) is 2.88.